The van der Waals surface area contributed by atoms with Crippen molar-refractivity contribution < 1.29 is 33.3 Å². The van der Waals surface area contributed by atoms with Crippen LogP contribution in [0.2, 0.25) is 0 Å². The molecule has 1 heterocycles. The van der Waals surface area contributed by atoms with Crippen molar-refractivity contribution in [2.75, 3.05) is 0 Å². The van der Waals surface area contributed by atoms with E-state index in [4.69, 9.17) is 18.9 Å². The van der Waals surface area contributed by atoms with Crippen molar-refractivity contribution in [2.24, 2.45) is 0 Å². The highest BCUT2D eigenvalue weighted by molar-refractivity contribution is 7.99. The molecular weight excluding hydrogens is 360 g/mol. The molecule has 5 atom stereocenters. The molecule has 26 heavy (non-hydrogen) atoms. The first-order chi connectivity index (χ1) is 12.3. The fraction of sp³-hybridized carbons (Fsp3) is 0.500. The van der Waals surface area contributed by atoms with Gasteiger partial charge in [-0.3, -0.25) is 14.4 Å². The molecule has 0 radical (unpaired) electrons. The summed E-state index contributed by atoms with van der Waals surface area (Å²) in [6, 6.07) is 9.42. The molecule has 1 aromatic rings. The molecule has 1 aromatic carbocycles. The van der Waals surface area contributed by atoms with Gasteiger partial charge in [0.2, 0.25) is 0 Å². The molecule has 1 aliphatic heterocycles. The van der Waals surface area contributed by atoms with Crippen LogP contribution in [0.25, 0.3) is 0 Å². The first-order valence-electron chi connectivity index (χ1n) is 8.16. The lowest BCUT2D eigenvalue weighted by Crippen LogP contribution is -2.59. The third kappa shape index (κ3) is 5.47. The van der Waals surface area contributed by atoms with E-state index in [0.717, 1.165) is 4.90 Å². The third-order valence-electron chi connectivity index (χ3n) is 3.63. The van der Waals surface area contributed by atoms with Gasteiger partial charge in [-0.1, -0.05) is 30.0 Å². The van der Waals surface area contributed by atoms with Gasteiger partial charge in [0, 0.05) is 25.7 Å². The van der Waals surface area contributed by atoms with Gasteiger partial charge in [0.1, 0.15) is 5.44 Å². The summed E-state index contributed by atoms with van der Waals surface area (Å²) in [5, 5.41) is 0. The zero-order valence-corrected chi connectivity index (χ0v) is 15.9. The van der Waals surface area contributed by atoms with Crippen molar-refractivity contribution >= 4 is 29.7 Å². The summed E-state index contributed by atoms with van der Waals surface area (Å²) in [4.78, 5) is 35.6. The molecule has 0 N–H and O–H groups in total. The van der Waals surface area contributed by atoms with Gasteiger partial charge in [0.15, 0.2) is 18.3 Å². The highest BCUT2D eigenvalue weighted by Crippen LogP contribution is 2.37. The minimum absolute atomic E-state index is 0.543. The van der Waals surface area contributed by atoms with Gasteiger partial charge in [0.05, 0.1) is 6.10 Å². The Kier molecular flexibility index (Phi) is 7.05. The van der Waals surface area contributed by atoms with Crippen LogP contribution in [-0.2, 0) is 33.3 Å². The molecule has 8 heteroatoms. The van der Waals surface area contributed by atoms with Crippen LogP contribution in [0.4, 0.5) is 0 Å². The van der Waals surface area contributed by atoms with Crippen molar-refractivity contribution in [3.05, 3.63) is 30.3 Å². The minimum Gasteiger partial charge on any atom is -0.456 e. The fourth-order valence-electron chi connectivity index (χ4n) is 2.70. The number of rotatable bonds is 5. The maximum atomic E-state index is 11.6. The number of esters is 3. The van der Waals surface area contributed by atoms with E-state index >= 15 is 0 Å². The second-order valence-electron chi connectivity index (χ2n) is 5.86. The predicted octanol–water partition coefficient (Wildman–Crippen LogP) is 2.32. The number of ether oxygens (including phenoxy) is 4. The lowest BCUT2D eigenvalue weighted by atomic mass is 10.00. The highest BCUT2D eigenvalue weighted by Gasteiger charge is 2.50. The third-order valence-corrected chi connectivity index (χ3v) is 4.78. The van der Waals surface area contributed by atoms with E-state index in [0.29, 0.717) is 0 Å². The standard InChI is InChI=1S/C18H22O7S/c1-10-15(23-11(2)19)16(24-12(3)20)17(25-13(4)21)18(22-10)26-14-8-6-5-7-9-14/h5-10,15-18H,1-4H3/t10-,15+,16+,17-,18+/m1/s1. The number of hydrogen-bond acceptors (Lipinski definition) is 8. The van der Waals surface area contributed by atoms with Gasteiger partial charge in [-0.15, -0.1) is 0 Å². The van der Waals surface area contributed by atoms with Gasteiger partial charge in [-0.25, -0.2) is 0 Å². The van der Waals surface area contributed by atoms with E-state index in [2.05, 4.69) is 0 Å². The smallest absolute Gasteiger partial charge is 0.303 e. The normalized spacial score (nSPS) is 28.1. The molecule has 1 fully saturated rings. The molecule has 0 saturated carbocycles. The molecule has 0 bridgehead atoms. The predicted molar refractivity (Wildman–Crippen MR) is 93.3 cm³/mol. The summed E-state index contributed by atoms with van der Waals surface area (Å²) in [6.07, 6.45) is -3.34. The Morgan fingerprint density at radius 1 is 0.846 bits per heavy atom. The number of thioether (sulfide) groups is 1. The minimum atomic E-state index is -0.967. The molecule has 1 aliphatic rings. The van der Waals surface area contributed by atoms with Crippen LogP contribution in [0, 0.1) is 0 Å². The van der Waals surface area contributed by atoms with Crippen LogP contribution < -0.4 is 0 Å². The van der Waals surface area contributed by atoms with Crippen LogP contribution in [-0.4, -0.2) is 47.8 Å². The Balaban J connectivity index is 2.33. The number of carbonyl (C=O) groups is 3. The average Bonchev–Trinajstić information content (AvgIpc) is 2.54. The van der Waals surface area contributed by atoms with E-state index in [9.17, 15) is 14.4 Å². The van der Waals surface area contributed by atoms with Crippen LogP contribution in [0.5, 0.6) is 0 Å². The SMILES string of the molecule is CC(=O)O[C@H]1[C@@H](OC(C)=O)[C@@H](C)O[C@@H](Sc2ccccc2)[C@@H]1OC(C)=O. The monoisotopic (exact) mass is 382 g/mol. The van der Waals surface area contributed by atoms with Crippen molar-refractivity contribution in [3.63, 3.8) is 0 Å². The summed E-state index contributed by atoms with van der Waals surface area (Å²) in [7, 11) is 0. The molecule has 0 aromatic heterocycles. The van der Waals surface area contributed by atoms with E-state index in [1.54, 1.807) is 6.92 Å². The van der Waals surface area contributed by atoms with E-state index in [1.807, 2.05) is 30.3 Å². The first kappa shape index (κ1) is 20.3. The van der Waals surface area contributed by atoms with Crippen LogP contribution in [0.3, 0.4) is 0 Å². The molecule has 2 rings (SSSR count). The van der Waals surface area contributed by atoms with Gasteiger partial charge in [-0.2, -0.15) is 0 Å². The molecule has 142 valence electrons. The molecular formula is C18H22O7S. The zero-order valence-electron chi connectivity index (χ0n) is 15.0. The summed E-state index contributed by atoms with van der Waals surface area (Å²) in [5.41, 5.74) is -0.632. The molecule has 1 saturated heterocycles. The van der Waals surface area contributed by atoms with Crippen molar-refractivity contribution in [2.45, 2.75) is 62.4 Å². The second kappa shape index (κ2) is 9.05. The van der Waals surface area contributed by atoms with Crippen molar-refractivity contribution in [1.82, 2.24) is 0 Å². The van der Waals surface area contributed by atoms with Crippen LogP contribution in [0.1, 0.15) is 27.7 Å². The average molecular weight is 382 g/mol. The Morgan fingerprint density at radius 3 is 1.88 bits per heavy atom. The summed E-state index contributed by atoms with van der Waals surface area (Å²) in [5.74, 6) is -1.66. The van der Waals surface area contributed by atoms with Crippen LogP contribution >= 0.6 is 11.8 Å². The lowest BCUT2D eigenvalue weighted by Gasteiger charge is -2.43. The first-order valence-corrected chi connectivity index (χ1v) is 9.04. The Hall–Kier alpha value is -2.06. The van der Waals surface area contributed by atoms with E-state index < -0.39 is 47.8 Å². The van der Waals surface area contributed by atoms with E-state index in [-0.39, 0.29) is 0 Å². The summed E-state index contributed by atoms with van der Waals surface area (Å²) in [6.45, 7) is 5.47. The second-order valence-corrected chi connectivity index (χ2v) is 7.03. The molecule has 0 unspecified atom stereocenters. The number of benzene rings is 1. The topological polar surface area (TPSA) is 88.1 Å². The zero-order chi connectivity index (χ0) is 19.3. The lowest BCUT2D eigenvalue weighted by molar-refractivity contribution is -0.229. The Labute approximate surface area is 156 Å². The van der Waals surface area contributed by atoms with Gasteiger partial charge in [-0.05, 0) is 19.1 Å². The van der Waals surface area contributed by atoms with Crippen LogP contribution in [0.15, 0.2) is 35.2 Å². The number of hydrogen-bond donors (Lipinski definition) is 0. The van der Waals surface area contributed by atoms with Gasteiger partial charge in [0.25, 0.3) is 0 Å². The Morgan fingerprint density at radius 2 is 1.35 bits per heavy atom. The largest absolute Gasteiger partial charge is 0.456 e. The molecule has 7 nitrogen and oxygen atoms in total. The fourth-order valence-corrected chi connectivity index (χ4v) is 3.86. The molecule has 0 aliphatic carbocycles. The summed E-state index contributed by atoms with van der Waals surface area (Å²) < 4.78 is 22.0. The quantitative estimate of drug-likeness (QED) is 0.566. The summed E-state index contributed by atoms with van der Waals surface area (Å²) >= 11 is 1.34. The van der Waals surface area contributed by atoms with Crippen molar-refractivity contribution in [1.29, 1.82) is 0 Å². The van der Waals surface area contributed by atoms with Gasteiger partial charge < -0.3 is 18.9 Å². The Bertz CT molecular complexity index is 648. The maximum absolute atomic E-state index is 11.6. The molecule has 0 spiro atoms. The van der Waals surface area contributed by atoms with Gasteiger partial charge >= 0.3 is 17.9 Å². The highest BCUT2D eigenvalue weighted by atomic mass is 32.2. The van der Waals surface area contributed by atoms with E-state index in [1.165, 1.54) is 32.5 Å². The van der Waals surface area contributed by atoms with Crippen molar-refractivity contribution in [3.8, 4) is 0 Å². The number of carbonyl (C=O) groups excluding carboxylic acids is 3. The maximum Gasteiger partial charge on any atom is 0.303 e. The molecule has 0 amide bonds.